The van der Waals surface area contributed by atoms with Crippen molar-refractivity contribution >= 4 is 23.0 Å². The first-order valence-corrected chi connectivity index (χ1v) is 13.8. The van der Waals surface area contributed by atoms with Gasteiger partial charge in [0.2, 0.25) is 0 Å². The minimum atomic E-state index is 0.188. The Bertz CT molecular complexity index is 1330. The van der Waals surface area contributed by atoms with Crippen molar-refractivity contribution in [2.75, 3.05) is 36.5 Å². The number of ether oxygens (including phenoxy) is 1. The monoisotopic (exact) mass is 484 g/mol. The van der Waals surface area contributed by atoms with Crippen LogP contribution in [0.5, 0.6) is 11.5 Å². The largest absolute Gasteiger partial charge is 0.456 e. The van der Waals surface area contributed by atoms with Gasteiger partial charge in [-0.2, -0.15) is 0 Å². The molecule has 4 heteroatoms. The summed E-state index contributed by atoms with van der Waals surface area (Å²) in [5, 5.41) is 0. The molecule has 0 aliphatic carbocycles. The van der Waals surface area contributed by atoms with Crippen LogP contribution in [-0.4, -0.2) is 26.7 Å². The number of hydrogen-bond donors (Lipinski definition) is 0. The fourth-order valence-electron chi connectivity index (χ4n) is 7.21. The van der Waals surface area contributed by atoms with E-state index in [1.54, 1.807) is 0 Å². The summed E-state index contributed by atoms with van der Waals surface area (Å²) in [6.45, 7) is 5.75. The van der Waals surface area contributed by atoms with E-state index in [1.165, 1.54) is 94.7 Å². The average Bonchev–Trinajstić information content (AvgIpc) is 2.88. The fraction of sp³-hybridized carbons (Fsp3) is 0.419. The van der Waals surface area contributed by atoms with E-state index in [9.17, 15) is 0 Å². The Morgan fingerprint density at radius 1 is 0.857 bits per heavy atom. The van der Waals surface area contributed by atoms with Crippen LogP contribution in [0.3, 0.4) is 0 Å². The maximum atomic E-state index is 7.07. The molecule has 0 saturated carbocycles. The highest BCUT2D eigenvalue weighted by molar-refractivity contribution is 6.17. The Morgan fingerprint density at radius 2 is 1.51 bits per heavy atom. The minimum Gasteiger partial charge on any atom is -0.456 e. The molecule has 3 aromatic rings. The molecule has 1 unspecified atom stereocenters. The summed E-state index contributed by atoms with van der Waals surface area (Å²) in [7, 11) is 2.23. The van der Waals surface area contributed by atoms with Gasteiger partial charge in [-0.25, -0.2) is 0 Å². The summed E-state index contributed by atoms with van der Waals surface area (Å²) in [5.74, 6) is 3.01. The number of hydrogen-bond acceptors (Lipinski definition) is 3. The van der Waals surface area contributed by atoms with Crippen molar-refractivity contribution in [3.05, 3.63) is 80.9 Å². The van der Waals surface area contributed by atoms with Gasteiger partial charge in [0.05, 0.1) is 0 Å². The summed E-state index contributed by atoms with van der Waals surface area (Å²) in [4.78, 5) is 5.05. The van der Waals surface area contributed by atoms with Crippen molar-refractivity contribution in [3.63, 3.8) is 0 Å². The van der Waals surface area contributed by atoms with Gasteiger partial charge in [-0.15, -0.1) is 11.6 Å². The Balaban J connectivity index is 1.51. The zero-order valence-corrected chi connectivity index (χ0v) is 21.5. The lowest BCUT2D eigenvalue weighted by Gasteiger charge is -2.41. The summed E-state index contributed by atoms with van der Waals surface area (Å²) < 4.78 is 7.07. The molecule has 4 aliphatic heterocycles. The number of anilines is 2. The number of aryl methyl sites for hydroxylation is 2. The maximum absolute atomic E-state index is 7.07. The van der Waals surface area contributed by atoms with Crippen LogP contribution in [0.25, 0.3) is 0 Å². The van der Waals surface area contributed by atoms with E-state index in [2.05, 4.69) is 60.2 Å². The second-order valence-corrected chi connectivity index (χ2v) is 11.1. The van der Waals surface area contributed by atoms with Crippen LogP contribution < -0.4 is 14.5 Å². The molecule has 35 heavy (non-hydrogen) atoms. The Labute approximate surface area is 213 Å². The Hall–Kier alpha value is -2.65. The third-order valence-electron chi connectivity index (χ3n) is 8.66. The molecule has 4 aliphatic rings. The Morgan fingerprint density at radius 3 is 2.26 bits per heavy atom. The van der Waals surface area contributed by atoms with E-state index in [0.29, 0.717) is 5.88 Å². The van der Waals surface area contributed by atoms with Gasteiger partial charge in [0.1, 0.15) is 11.5 Å². The summed E-state index contributed by atoms with van der Waals surface area (Å²) in [6.07, 6.45) is 7.01. The molecule has 3 nitrogen and oxygen atoms in total. The predicted octanol–water partition coefficient (Wildman–Crippen LogP) is 7.10. The second-order valence-electron chi connectivity index (χ2n) is 10.8. The van der Waals surface area contributed by atoms with Crippen LogP contribution in [0.2, 0.25) is 0 Å². The van der Waals surface area contributed by atoms with Gasteiger partial charge in [-0.3, -0.25) is 0 Å². The van der Waals surface area contributed by atoms with E-state index < -0.39 is 0 Å². The van der Waals surface area contributed by atoms with Crippen molar-refractivity contribution in [3.8, 4) is 11.5 Å². The van der Waals surface area contributed by atoms with Gasteiger partial charge >= 0.3 is 0 Å². The molecule has 0 bridgehead atoms. The number of nitrogens with zero attached hydrogens (tertiary/aromatic N) is 2. The van der Waals surface area contributed by atoms with Crippen LogP contribution >= 0.6 is 11.6 Å². The van der Waals surface area contributed by atoms with Gasteiger partial charge in [0.25, 0.3) is 0 Å². The number of alkyl halides is 1. The second kappa shape index (κ2) is 8.20. The first-order valence-electron chi connectivity index (χ1n) is 13.3. The molecule has 1 atom stereocenters. The molecular weight excluding hydrogens is 452 g/mol. The lowest BCUT2D eigenvalue weighted by atomic mass is 9.76. The fourth-order valence-corrected chi connectivity index (χ4v) is 7.39. The van der Waals surface area contributed by atoms with Gasteiger partial charge < -0.3 is 14.5 Å². The molecule has 0 amide bonds. The Kier molecular flexibility index (Phi) is 5.06. The highest BCUT2D eigenvalue weighted by Gasteiger charge is 2.38. The van der Waals surface area contributed by atoms with Crippen molar-refractivity contribution < 1.29 is 4.74 Å². The molecule has 0 aromatic heterocycles. The van der Waals surface area contributed by atoms with Crippen LogP contribution in [0.1, 0.15) is 69.7 Å². The molecule has 3 aromatic carbocycles. The van der Waals surface area contributed by atoms with Crippen LogP contribution in [0.15, 0.2) is 36.4 Å². The van der Waals surface area contributed by atoms with Crippen molar-refractivity contribution in [2.24, 2.45) is 0 Å². The molecular formula is C31H33ClN2O. The lowest BCUT2D eigenvalue weighted by molar-refractivity contribution is 0.434. The molecule has 7 rings (SSSR count). The average molecular weight is 485 g/mol. The van der Waals surface area contributed by atoms with Crippen LogP contribution in [0, 0.1) is 6.92 Å². The standard InChI is InChI=1S/C31H33ClN2O/c1-19-16-25-27(21-11-9-20(18-32)10-12-21)26-17-22-6-3-14-34-15-5-8-24(29(22)34)31(26)35-30(25)23-7-4-13-33(2)28(19)23/h9-12,16-17,27H,3-8,13-15,18H2,1-2H3. The normalized spacial score (nSPS) is 19.9. The topological polar surface area (TPSA) is 15.7 Å². The van der Waals surface area contributed by atoms with E-state index in [0.717, 1.165) is 30.9 Å². The number of fused-ring (bicyclic) bond motifs is 5. The summed E-state index contributed by atoms with van der Waals surface area (Å²) in [6, 6.07) is 13.9. The number of benzene rings is 3. The zero-order valence-electron chi connectivity index (χ0n) is 20.8. The van der Waals surface area contributed by atoms with E-state index >= 15 is 0 Å². The summed E-state index contributed by atoms with van der Waals surface area (Å²) in [5.41, 5.74) is 13.8. The van der Waals surface area contributed by atoms with Gasteiger partial charge in [-0.1, -0.05) is 24.3 Å². The molecule has 0 fully saturated rings. The van der Waals surface area contributed by atoms with Crippen LogP contribution in [0.4, 0.5) is 11.4 Å². The molecule has 0 saturated heterocycles. The number of halogens is 1. The minimum absolute atomic E-state index is 0.188. The SMILES string of the molecule is Cc1cc2c(c3c1N(C)CCC3)Oc1c(cc3c4c1CCCN4CCC3)C2c1ccc(CCl)cc1. The van der Waals surface area contributed by atoms with E-state index in [1.807, 2.05) is 0 Å². The first kappa shape index (κ1) is 21.6. The quantitative estimate of drug-likeness (QED) is 0.282. The van der Waals surface area contributed by atoms with Gasteiger partial charge in [-0.05, 0) is 79.8 Å². The third kappa shape index (κ3) is 3.24. The third-order valence-corrected chi connectivity index (χ3v) is 8.97. The molecule has 0 spiro atoms. The van der Waals surface area contributed by atoms with E-state index in [-0.39, 0.29) is 5.92 Å². The molecule has 4 heterocycles. The van der Waals surface area contributed by atoms with Crippen molar-refractivity contribution in [2.45, 2.75) is 57.2 Å². The van der Waals surface area contributed by atoms with E-state index in [4.69, 9.17) is 16.3 Å². The van der Waals surface area contributed by atoms with Crippen molar-refractivity contribution in [1.29, 1.82) is 0 Å². The maximum Gasteiger partial charge on any atom is 0.136 e. The highest BCUT2D eigenvalue weighted by atomic mass is 35.5. The highest BCUT2D eigenvalue weighted by Crippen LogP contribution is 2.56. The summed E-state index contributed by atoms with van der Waals surface area (Å²) >= 11 is 6.15. The van der Waals surface area contributed by atoms with Gasteiger partial charge in [0, 0.05) is 72.1 Å². The lowest BCUT2D eigenvalue weighted by Crippen LogP contribution is -2.35. The van der Waals surface area contributed by atoms with Crippen LogP contribution in [-0.2, 0) is 25.1 Å². The van der Waals surface area contributed by atoms with Gasteiger partial charge in [0.15, 0.2) is 0 Å². The number of rotatable bonds is 2. The molecule has 180 valence electrons. The van der Waals surface area contributed by atoms with Crippen molar-refractivity contribution in [1.82, 2.24) is 0 Å². The first-order chi connectivity index (χ1) is 17.1. The predicted molar refractivity (Wildman–Crippen MR) is 145 cm³/mol. The molecule has 0 N–H and O–H groups in total. The molecule has 0 radical (unpaired) electrons. The zero-order chi connectivity index (χ0) is 23.7. The smallest absolute Gasteiger partial charge is 0.136 e.